The Bertz CT molecular complexity index is 213. The molecule has 13 heavy (non-hydrogen) atoms. The fourth-order valence-electron chi connectivity index (χ4n) is 1.81. The molecule has 0 bridgehead atoms. The maximum atomic E-state index is 9.66. The first kappa shape index (κ1) is 10.5. The average Bonchev–Trinajstić information content (AvgIpc) is 1.97. The number of hydrogen-bond acceptors (Lipinski definition) is 3. The van der Waals surface area contributed by atoms with Gasteiger partial charge in [-0.2, -0.15) is 0 Å². The summed E-state index contributed by atoms with van der Waals surface area (Å²) in [6.45, 7) is 5.79. The number of rotatable bonds is 1. The molecule has 0 aromatic rings. The molecule has 1 aliphatic rings. The first-order valence-electron chi connectivity index (χ1n) is 4.67. The highest BCUT2D eigenvalue weighted by molar-refractivity contribution is 5.03. The smallest absolute Gasteiger partial charge is 0.0896 e. The molecule has 3 N–H and O–H groups in total. The summed E-state index contributed by atoms with van der Waals surface area (Å²) in [6.07, 6.45) is 4.54. The quantitative estimate of drug-likeness (QED) is 0.644. The van der Waals surface area contributed by atoms with Crippen LogP contribution in [0.3, 0.4) is 0 Å². The average molecular weight is 185 g/mol. The van der Waals surface area contributed by atoms with Crippen molar-refractivity contribution in [1.29, 1.82) is 0 Å². The van der Waals surface area contributed by atoms with Crippen molar-refractivity contribution in [3.8, 4) is 0 Å². The van der Waals surface area contributed by atoms with Gasteiger partial charge >= 0.3 is 0 Å². The van der Waals surface area contributed by atoms with Gasteiger partial charge in [-0.25, -0.2) is 0 Å². The molecule has 3 heteroatoms. The third-order valence-corrected chi connectivity index (χ3v) is 2.66. The highest BCUT2D eigenvalue weighted by atomic mass is 16.5. The van der Waals surface area contributed by atoms with Gasteiger partial charge in [-0.1, -0.05) is 0 Å². The Morgan fingerprint density at radius 3 is 2.54 bits per heavy atom. The predicted octanol–water partition coefficient (Wildman–Crippen LogP) is 1.17. The maximum absolute atomic E-state index is 9.66. The standard InChI is InChI=1S/C10H19NO2/c1-9(2)8(12)4-5-10(3,13-9)6-7-11/h6-8,12H,4-5,11H2,1-3H3/b7-6+. The van der Waals surface area contributed by atoms with E-state index in [0.29, 0.717) is 0 Å². The van der Waals surface area contributed by atoms with Crippen molar-refractivity contribution in [3.05, 3.63) is 12.3 Å². The molecule has 1 rings (SSSR count). The van der Waals surface area contributed by atoms with Crippen LogP contribution in [0.2, 0.25) is 0 Å². The molecule has 0 aromatic heterocycles. The van der Waals surface area contributed by atoms with Crippen LogP contribution in [0.15, 0.2) is 12.3 Å². The highest BCUT2D eigenvalue weighted by Crippen LogP contribution is 2.35. The molecular weight excluding hydrogens is 166 g/mol. The van der Waals surface area contributed by atoms with E-state index in [4.69, 9.17) is 10.5 Å². The second kappa shape index (κ2) is 3.31. The van der Waals surface area contributed by atoms with Gasteiger partial charge in [-0.3, -0.25) is 0 Å². The lowest BCUT2D eigenvalue weighted by Gasteiger charge is -2.44. The van der Waals surface area contributed by atoms with Crippen LogP contribution in [0.4, 0.5) is 0 Å². The molecule has 0 aliphatic carbocycles. The monoisotopic (exact) mass is 185 g/mol. The molecule has 1 saturated heterocycles. The Morgan fingerprint density at radius 2 is 2.08 bits per heavy atom. The van der Waals surface area contributed by atoms with E-state index >= 15 is 0 Å². The number of hydrogen-bond donors (Lipinski definition) is 2. The van der Waals surface area contributed by atoms with Crippen molar-refractivity contribution in [3.63, 3.8) is 0 Å². The molecule has 2 atom stereocenters. The van der Waals surface area contributed by atoms with E-state index < -0.39 is 5.60 Å². The zero-order valence-corrected chi connectivity index (χ0v) is 8.58. The summed E-state index contributed by atoms with van der Waals surface area (Å²) in [5.74, 6) is 0. The lowest BCUT2D eigenvalue weighted by Crippen LogP contribution is -2.51. The van der Waals surface area contributed by atoms with Crippen molar-refractivity contribution in [2.24, 2.45) is 5.73 Å². The minimum Gasteiger partial charge on any atom is -0.405 e. The summed E-state index contributed by atoms with van der Waals surface area (Å²) in [6, 6.07) is 0. The van der Waals surface area contributed by atoms with Crippen molar-refractivity contribution in [2.45, 2.75) is 50.9 Å². The van der Waals surface area contributed by atoms with Crippen LogP contribution in [-0.2, 0) is 4.74 Å². The van der Waals surface area contributed by atoms with Crippen LogP contribution in [0.5, 0.6) is 0 Å². The number of ether oxygens (including phenoxy) is 1. The van der Waals surface area contributed by atoms with Crippen LogP contribution in [0.25, 0.3) is 0 Å². The second-order valence-corrected chi connectivity index (χ2v) is 4.43. The van der Waals surface area contributed by atoms with E-state index in [-0.39, 0.29) is 11.7 Å². The van der Waals surface area contributed by atoms with Gasteiger partial charge in [0.15, 0.2) is 0 Å². The third-order valence-electron chi connectivity index (χ3n) is 2.66. The predicted molar refractivity (Wildman–Crippen MR) is 52.1 cm³/mol. The second-order valence-electron chi connectivity index (χ2n) is 4.43. The zero-order chi connectivity index (χ0) is 10.1. The lowest BCUT2D eigenvalue weighted by molar-refractivity contribution is -0.195. The molecule has 0 amide bonds. The number of aliphatic hydroxyl groups is 1. The SMILES string of the molecule is CC1(/C=C/N)CCC(O)C(C)(C)O1. The number of aliphatic hydroxyl groups excluding tert-OH is 1. The summed E-state index contributed by atoms with van der Waals surface area (Å²) in [5, 5.41) is 9.66. The van der Waals surface area contributed by atoms with Gasteiger partial charge in [0.25, 0.3) is 0 Å². The van der Waals surface area contributed by atoms with Crippen LogP contribution in [0.1, 0.15) is 33.6 Å². The molecule has 76 valence electrons. The Balaban J connectivity index is 2.75. The fourth-order valence-corrected chi connectivity index (χ4v) is 1.81. The van der Waals surface area contributed by atoms with Crippen LogP contribution in [-0.4, -0.2) is 22.4 Å². The maximum Gasteiger partial charge on any atom is 0.0896 e. The van der Waals surface area contributed by atoms with Crippen molar-refractivity contribution in [2.75, 3.05) is 0 Å². The van der Waals surface area contributed by atoms with Gasteiger partial charge in [0.2, 0.25) is 0 Å². The van der Waals surface area contributed by atoms with Gasteiger partial charge < -0.3 is 15.6 Å². The van der Waals surface area contributed by atoms with Gasteiger partial charge in [0.05, 0.1) is 17.3 Å². The first-order valence-corrected chi connectivity index (χ1v) is 4.67. The summed E-state index contributed by atoms with van der Waals surface area (Å²) in [4.78, 5) is 0. The van der Waals surface area contributed by atoms with Crippen molar-refractivity contribution >= 4 is 0 Å². The van der Waals surface area contributed by atoms with E-state index in [2.05, 4.69) is 0 Å². The normalized spacial score (nSPS) is 39.5. The Kier molecular flexibility index (Phi) is 2.68. The van der Waals surface area contributed by atoms with Crippen molar-refractivity contribution in [1.82, 2.24) is 0 Å². The van der Waals surface area contributed by atoms with Gasteiger partial charge in [-0.05, 0) is 45.9 Å². The van der Waals surface area contributed by atoms with Crippen molar-refractivity contribution < 1.29 is 9.84 Å². The Hall–Kier alpha value is -0.540. The van der Waals surface area contributed by atoms with E-state index in [1.54, 1.807) is 0 Å². The van der Waals surface area contributed by atoms with Crippen LogP contribution in [0, 0.1) is 0 Å². The van der Waals surface area contributed by atoms with E-state index in [9.17, 15) is 5.11 Å². The molecule has 1 aliphatic heterocycles. The largest absolute Gasteiger partial charge is 0.405 e. The summed E-state index contributed by atoms with van der Waals surface area (Å²) >= 11 is 0. The fraction of sp³-hybridized carbons (Fsp3) is 0.800. The molecular formula is C10H19NO2. The summed E-state index contributed by atoms with van der Waals surface area (Å²) in [5.41, 5.74) is 4.54. The van der Waals surface area contributed by atoms with Gasteiger partial charge in [-0.15, -0.1) is 0 Å². The summed E-state index contributed by atoms with van der Waals surface area (Å²) in [7, 11) is 0. The molecule has 1 fully saturated rings. The van der Waals surface area contributed by atoms with Gasteiger partial charge in [0.1, 0.15) is 0 Å². The minimum atomic E-state index is -0.480. The lowest BCUT2D eigenvalue weighted by atomic mass is 9.86. The minimum absolute atomic E-state index is 0.322. The zero-order valence-electron chi connectivity index (χ0n) is 8.58. The molecule has 1 heterocycles. The van der Waals surface area contributed by atoms with Crippen LogP contribution >= 0.6 is 0 Å². The molecule has 3 nitrogen and oxygen atoms in total. The Labute approximate surface area is 79.6 Å². The molecule has 0 radical (unpaired) electrons. The topological polar surface area (TPSA) is 55.5 Å². The molecule has 0 saturated carbocycles. The molecule has 2 unspecified atom stereocenters. The van der Waals surface area contributed by atoms with E-state index in [1.807, 2.05) is 26.8 Å². The summed E-state index contributed by atoms with van der Waals surface area (Å²) < 4.78 is 5.80. The number of nitrogens with two attached hydrogens (primary N) is 1. The molecule has 0 aromatic carbocycles. The molecule has 0 spiro atoms. The first-order chi connectivity index (χ1) is 5.90. The van der Waals surface area contributed by atoms with E-state index in [0.717, 1.165) is 12.8 Å². The van der Waals surface area contributed by atoms with Gasteiger partial charge in [0, 0.05) is 0 Å². The van der Waals surface area contributed by atoms with Crippen LogP contribution < -0.4 is 5.73 Å². The van der Waals surface area contributed by atoms with E-state index in [1.165, 1.54) is 6.20 Å². The third kappa shape index (κ3) is 2.23. The highest BCUT2D eigenvalue weighted by Gasteiger charge is 2.41. The Morgan fingerprint density at radius 1 is 1.46 bits per heavy atom.